The number of guanidine groups is 1. The number of nitrogens with one attached hydrogen (secondary N) is 2. The van der Waals surface area contributed by atoms with Crippen molar-refractivity contribution in [2.24, 2.45) is 16.8 Å². The first kappa shape index (κ1) is 20.7. The molecule has 1 aliphatic heterocycles. The Kier molecular flexibility index (Phi) is 10.1. The van der Waals surface area contributed by atoms with E-state index in [4.69, 9.17) is 0 Å². The van der Waals surface area contributed by atoms with Crippen molar-refractivity contribution >= 4 is 41.3 Å². The van der Waals surface area contributed by atoms with Gasteiger partial charge in [-0.05, 0) is 47.6 Å². The minimum absolute atomic E-state index is 0. The Hall–Kier alpha value is -0.340. The number of halogens is 1. The van der Waals surface area contributed by atoms with Crippen molar-refractivity contribution in [1.82, 2.24) is 15.5 Å². The minimum Gasteiger partial charge on any atom is -0.357 e. The quantitative estimate of drug-likeness (QED) is 0.397. The molecule has 1 aromatic heterocycles. The van der Waals surface area contributed by atoms with Crippen molar-refractivity contribution in [3.63, 3.8) is 0 Å². The van der Waals surface area contributed by atoms with Gasteiger partial charge in [-0.2, -0.15) is 11.3 Å². The third-order valence-electron chi connectivity index (χ3n) is 4.01. The van der Waals surface area contributed by atoms with Crippen LogP contribution in [0.15, 0.2) is 21.8 Å². The maximum atomic E-state index is 4.65. The fourth-order valence-corrected chi connectivity index (χ4v) is 3.86. The number of thiophene rings is 1. The number of aliphatic imine (C=N–C) groups is 1. The first-order chi connectivity index (χ1) is 10.7. The van der Waals surface area contributed by atoms with Crippen LogP contribution < -0.4 is 10.6 Å². The van der Waals surface area contributed by atoms with Crippen LogP contribution in [-0.4, -0.2) is 43.6 Å². The van der Waals surface area contributed by atoms with E-state index in [-0.39, 0.29) is 24.0 Å². The molecule has 23 heavy (non-hydrogen) atoms. The van der Waals surface area contributed by atoms with E-state index in [1.165, 1.54) is 25.1 Å². The molecule has 1 fully saturated rings. The molecule has 2 N–H and O–H groups in total. The molecule has 0 spiro atoms. The highest BCUT2D eigenvalue weighted by atomic mass is 127. The van der Waals surface area contributed by atoms with Gasteiger partial charge in [0.05, 0.1) is 6.54 Å². The Morgan fingerprint density at radius 2 is 2.04 bits per heavy atom. The summed E-state index contributed by atoms with van der Waals surface area (Å²) in [5, 5.41) is 11.0. The van der Waals surface area contributed by atoms with Crippen LogP contribution in [0.2, 0.25) is 0 Å². The van der Waals surface area contributed by atoms with Crippen molar-refractivity contribution in [3.05, 3.63) is 22.4 Å². The standard InChI is InChI=1S/C17H30N4S.HI/c1-4-18-17(20-10-16-5-8-22-13-16)19-6-7-21-11-14(2)9-15(3)12-21;/h5,8,13-15H,4,6-7,9-12H2,1-3H3,(H2,18,19,20);1H. The average Bonchev–Trinajstić information content (AvgIpc) is 2.97. The highest BCUT2D eigenvalue weighted by Crippen LogP contribution is 2.20. The number of likely N-dealkylation sites (tertiary alicyclic amines) is 1. The lowest BCUT2D eigenvalue weighted by Crippen LogP contribution is -2.45. The van der Waals surface area contributed by atoms with Crippen LogP contribution in [0, 0.1) is 11.8 Å². The highest BCUT2D eigenvalue weighted by molar-refractivity contribution is 14.0. The molecule has 2 heterocycles. The molecule has 0 radical (unpaired) electrons. The van der Waals surface area contributed by atoms with E-state index in [2.05, 4.69) is 58.1 Å². The topological polar surface area (TPSA) is 39.7 Å². The van der Waals surface area contributed by atoms with Crippen LogP contribution in [0.1, 0.15) is 32.8 Å². The lowest BCUT2D eigenvalue weighted by molar-refractivity contribution is 0.143. The largest absolute Gasteiger partial charge is 0.357 e. The molecular formula is C17H31IN4S. The summed E-state index contributed by atoms with van der Waals surface area (Å²) < 4.78 is 0. The maximum Gasteiger partial charge on any atom is 0.191 e. The number of hydrogen-bond donors (Lipinski definition) is 2. The molecule has 1 aliphatic rings. The smallest absolute Gasteiger partial charge is 0.191 e. The van der Waals surface area contributed by atoms with Crippen molar-refractivity contribution in [2.75, 3.05) is 32.7 Å². The third-order valence-corrected chi connectivity index (χ3v) is 4.74. The Balaban J connectivity index is 0.00000264. The van der Waals surface area contributed by atoms with E-state index < -0.39 is 0 Å². The van der Waals surface area contributed by atoms with Gasteiger partial charge >= 0.3 is 0 Å². The third kappa shape index (κ3) is 7.85. The normalized spacial score (nSPS) is 22.5. The number of hydrogen-bond acceptors (Lipinski definition) is 3. The number of rotatable bonds is 6. The Bertz CT molecular complexity index is 439. The predicted octanol–water partition coefficient (Wildman–Crippen LogP) is 3.40. The van der Waals surface area contributed by atoms with Gasteiger partial charge in [0.25, 0.3) is 0 Å². The molecule has 1 saturated heterocycles. The fraction of sp³-hybridized carbons (Fsp3) is 0.706. The zero-order chi connectivity index (χ0) is 15.8. The fourth-order valence-electron chi connectivity index (χ4n) is 3.20. The van der Waals surface area contributed by atoms with E-state index in [0.717, 1.165) is 44.0 Å². The average molecular weight is 450 g/mol. The SMILES string of the molecule is CCNC(=NCc1ccsc1)NCCN1CC(C)CC(C)C1.I. The minimum atomic E-state index is 0. The monoisotopic (exact) mass is 450 g/mol. The van der Waals surface area contributed by atoms with Gasteiger partial charge in [-0.15, -0.1) is 24.0 Å². The molecule has 0 bridgehead atoms. The van der Waals surface area contributed by atoms with Crippen LogP contribution in [-0.2, 0) is 6.54 Å². The molecule has 2 atom stereocenters. The van der Waals surface area contributed by atoms with E-state index in [1.807, 2.05) is 0 Å². The summed E-state index contributed by atoms with van der Waals surface area (Å²) in [7, 11) is 0. The van der Waals surface area contributed by atoms with Gasteiger partial charge in [-0.3, -0.25) is 0 Å². The Labute approximate surface area is 162 Å². The van der Waals surface area contributed by atoms with Gasteiger partial charge in [-0.25, -0.2) is 4.99 Å². The van der Waals surface area contributed by atoms with Crippen molar-refractivity contribution in [2.45, 2.75) is 33.7 Å². The van der Waals surface area contributed by atoms with Crippen LogP contribution in [0.3, 0.4) is 0 Å². The van der Waals surface area contributed by atoms with Crippen LogP contribution in [0.5, 0.6) is 0 Å². The first-order valence-electron chi connectivity index (χ1n) is 8.43. The second kappa shape index (κ2) is 11.3. The first-order valence-corrected chi connectivity index (χ1v) is 9.37. The molecular weight excluding hydrogens is 419 g/mol. The Morgan fingerprint density at radius 3 is 2.65 bits per heavy atom. The predicted molar refractivity (Wildman–Crippen MR) is 112 cm³/mol. The van der Waals surface area contributed by atoms with Crippen LogP contribution >= 0.6 is 35.3 Å². The van der Waals surface area contributed by atoms with Gasteiger partial charge in [0.1, 0.15) is 0 Å². The van der Waals surface area contributed by atoms with E-state index in [1.54, 1.807) is 11.3 Å². The van der Waals surface area contributed by atoms with Gasteiger partial charge in [0.15, 0.2) is 5.96 Å². The molecule has 0 aromatic carbocycles. The second-order valence-corrected chi connectivity index (χ2v) is 7.24. The van der Waals surface area contributed by atoms with E-state index in [9.17, 15) is 0 Å². The summed E-state index contributed by atoms with van der Waals surface area (Å²) in [5.74, 6) is 2.57. The van der Waals surface area contributed by atoms with Crippen molar-refractivity contribution in [1.29, 1.82) is 0 Å². The molecule has 4 nitrogen and oxygen atoms in total. The summed E-state index contributed by atoms with van der Waals surface area (Å²) in [4.78, 5) is 7.23. The van der Waals surface area contributed by atoms with Crippen molar-refractivity contribution in [3.8, 4) is 0 Å². The highest BCUT2D eigenvalue weighted by Gasteiger charge is 2.21. The van der Waals surface area contributed by atoms with E-state index in [0.29, 0.717) is 0 Å². The van der Waals surface area contributed by atoms with Crippen LogP contribution in [0.4, 0.5) is 0 Å². The molecule has 132 valence electrons. The Morgan fingerprint density at radius 1 is 1.30 bits per heavy atom. The lowest BCUT2D eigenvalue weighted by Gasteiger charge is -2.35. The molecule has 2 unspecified atom stereocenters. The van der Waals surface area contributed by atoms with Crippen molar-refractivity contribution < 1.29 is 0 Å². The van der Waals surface area contributed by atoms with Gasteiger partial charge in [0.2, 0.25) is 0 Å². The van der Waals surface area contributed by atoms with Gasteiger partial charge < -0.3 is 15.5 Å². The summed E-state index contributed by atoms with van der Waals surface area (Å²) in [6.07, 6.45) is 1.37. The van der Waals surface area contributed by atoms with E-state index >= 15 is 0 Å². The summed E-state index contributed by atoms with van der Waals surface area (Å²) >= 11 is 1.72. The zero-order valence-corrected chi connectivity index (χ0v) is 17.7. The maximum absolute atomic E-state index is 4.65. The van der Waals surface area contributed by atoms with Crippen LogP contribution in [0.25, 0.3) is 0 Å². The summed E-state index contributed by atoms with van der Waals surface area (Å²) in [6, 6.07) is 2.13. The molecule has 0 aliphatic carbocycles. The zero-order valence-electron chi connectivity index (χ0n) is 14.5. The molecule has 0 saturated carbocycles. The number of piperidine rings is 1. The molecule has 2 rings (SSSR count). The summed E-state index contributed by atoms with van der Waals surface area (Å²) in [6.45, 7) is 13.0. The molecule has 0 amide bonds. The molecule has 1 aromatic rings. The van der Waals surface area contributed by atoms with Gasteiger partial charge in [0, 0.05) is 32.7 Å². The summed E-state index contributed by atoms with van der Waals surface area (Å²) in [5.41, 5.74) is 1.28. The lowest BCUT2D eigenvalue weighted by atomic mass is 9.92. The number of nitrogens with zero attached hydrogens (tertiary/aromatic N) is 2. The molecule has 6 heteroatoms. The second-order valence-electron chi connectivity index (χ2n) is 6.46. The van der Waals surface area contributed by atoms with Gasteiger partial charge in [-0.1, -0.05) is 13.8 Å².